The molecule has 19 heavy (non-hydrogen) atoms. The summed E-state index contributed by atoms with van der Waals surface area (Å²) in [4.78, 5) is 12.9. The number of carboxylic acid groups (broad SMARTS) is 1. The van der Waals surface area contributed by atoms with E-state index in [4.69, 9.17) is 21.4 Å². The monoisotopic (exact) mass is 287 g/mol. The molecule has 0 aliphatic carbocycles. The molecule has 0 saturated carbocycles. The zero-order chi connectivity index (χ0) is 14.0. The van der Waals surface area contributed by atoms with Gasteiger partial charge in [0.25, 0.3) is 0 Å². The van der Waals surface area contributed by atoms with Gasteiger partial charge in [-0.1, -0.05) is 11.6 Å². The summed E-state index contributed by atoms with van der Waals surface area (Å²) in [6, 6.07) is 0. The van der Waals surface area contributed by atoms with Gasteiger partial charge in [0.15, 0.2) is 0 Å². The Bertz CT molecular complexity index is 475. The number of halogens is 1. The lowest BCUT2D eigenvalue weighted by Crippen LogP contribution is -2.43. The highest BCUT2D eigenvalue weighted by molar-refractivity contribution is 6.31. The summed E-state index contributed by atoms with van der Waals surface area (Å²) in [6.07, 6.45) is -0.214. The fourth-order valence-electron chi connectivity index (χ4n) is 2.31. The van der Waals surface area contributed by atoms with Gasteiger partial charge in [-0.2, -0.15) is 5.10 Å². The molecule has 0 amide bonds. The Balaban J connectivity index is 2.00. The van der Waals surface area contributed by atoms with E-state index in [1.807, 2.05) is 14.0 Å². The summed E-state index contributed by atoms with van der Waals surface area (Å²) in [5.74, 6) is -0.832. The van der Waals surface area contributed by atoms with Crippen LogP contribution in [-0.4, -0.2) is 51.6 Å². The second-order valence-corrected chi connectivity index (χ2v) is 5.17. The Morgan fingerprint density at radius 1 is 1.63 bits per heavy atom. The molecule has 0 spiro atoms. The van der Waals surface area contributed by atoms with Crippen molar-refractivity contribution in [3.63, 3.8) is 0 Å². The number of aliphatic carboxylic acids is 1. The summed E-state index contributed by atoms with van der Waals surface area (Å²) < 4.78 is 7.22. The molecule has 0 radical (unpaired) electrons. The Hall–Kier alpha value is -1.11. The van der Waals surface area contributed by atoms with Gasteiger partial charge in [-0.3, -0.25) is 14.4 Å². The number of aryl methyl sites for hydroxylation is 2. The first-order valence-electron chi connectivity index (χ1n) is 6.21. The van der Waals surface area contributed by atoms with Crippen molar-refractivity contribution in [3.8, 4) is 0 Å². The number of nitrogens with zero attached hydrogens (tertiary/aromatic N) is 3. The average Bonchev–Trinajstić information content (AvgIpc) is 2.56. The number of morpholine rings is 1. The van der Waals surface area contributed by atoms with Gasteiger partial charge in [-0.25, -0.2) is 0 Å². The third kappa shape index (κ3) is 3.46. The molecule has 0 aromatic carbocycles. The maximum absolute atomic E-state index is 10.7. The number of ether oxygens (including phenoxy) is 1. The van der Waals surface area contributed by atoms with E-state index in [1.165, 1.54) is 0 Å². The average molecular weight is 288 g/mol. The highest BCUT2D eigenvalue weighted by Gasteiger charge is 2.24. The van der Waals surface area contributed by atoms with Gasteiger partial charge in [0.2, 0.25) is 0 Å². The fraction of sp³-hybridized carbons (Fsp3) is 0.667. The summed E-state index contributed by atoms with van der Waals surface area (Å²) >= 11 is 6.22. The molecule has 106 valence electrons. The molecule has 1 aliphatic heterocycles. The van der Waals surface area contributed by atoms with E-state index >= 15 is 0 Å². The number of hydrogen-bond acceptors (Lipinski definition) is 4. The third-order valence-corrected chi connectivity index (χ3v) is 3.75. The minimum absolute atomic E-state index is 0.0364. The van der Waals surface area contributed by atoms with Crippen LogP contribution < -0.4 is 0 Å². The lowest BCUT2D eigenvalue weighted by molar-refractivity contribution is -0.142. The Kier molecular flexibility index (Phi) is 4.44. The van der Waals surface area contributed by atoms with Crippen molar-refractivity contribution in [1.82, 2.24) is 14.7 Å². The van der Waals surface area contributed by atoms with Crippen molar-refractivity contribution < 1.29 is 14.6 Å². The summed E-state index contributed by atoms with van der Waals surface area (Å²) in [5.41, 5.74) is 1.77. The van der Waals surface area contributed by atoms with Crippen LogP contribution in [-0.2, 0) is 23.1 Å². The zero-order valence-electron chi connectivity index (χ0n) is 11.1. The van der Waals surface area contributed by atoms with Gasteiger partial charge in [0, 0.05) is 26.7 Å². The van der Waals surface area contributed by atoms with Crippen LogP contribution in [0.4, 0.5) is 0 Å². The Morgan fingerprint density at radius 2 is 2.37 bits per heavy atom. The van der Waals surface area contributed by atoms with E-state index in [0.29, 0.717) is 24.7 Å². The smallest absolute Gasteiger partial charge is 0.306 e. The second-order valence-electron chi connectivity index (χ2n) is 4.80. The van der Waals surface area contributed by atoms with Crippen LogP contribution in [0.25, 0.3) is 0 Å². The first-order chi connectivity index (χ1) is 8.97. The predicted molar refractivity (Wildman–Crippen MR) is 70.2 cm³/mol. The fourth-order valence-corrected chi connectivity index (χ4v) is 2.53. The Morgan fingerprint density at radius 3 is 2.95 bits per heavy atom. The molecule has 1 aromatic heterocycles. The van der Waals surface area contributed by atoms with Crippen LogP contribution in [0.5, 0.6) is 0 Å². The van der Waals surface area contributed by atoms with E-state index in [-0.39, 0.29) is 12.5 Å². The van der Waals surface area contributed by atoms with Gasteiger partial charge < -0.3 is 9.84 Å². The number of aromatic nitrogens is 2. The molecule has 7 heteroatoms. The first kappa shape index (κ1) is 14.3. The SMILES string of the molecule is Cc1nn(C)c(CN2CCOC(CC(=O)O)C2)c1Cl. The molecule has 2 rings (SSSR count). The topological polar surface area (TPSA) is 67.6 Å². The minimum atomic E-state index is -0.832. The first-order valence-corrected chi connectivity index (χ1v) is 6.59. The van der Waals surface area contributed by atoms with Crippen molar-refractivity contribution in [2.24, 2.45) is 7.05 Å². The lowest BCUT2D eigenvalue weighted by atomic mass is 10.2. The largest absolute Gasteiger partial charge is 0.481 e. The summed E-state index contributed by atoms with van der Waals surface area (Å²) in [5, 5.41) is 13.8. The van der Waals surface area contributed by atoms with E-state index in [2.05, 4.69) is 10.00 Å². The third-order valence-electron chi connectivity index (χ3n) is 3.26. The molecule has 1 unspecified atom stereocenters. The van der Waals surface area contributed by atoms with Gasteiger partial charge in [-0.15, -0.1) is 0 Å². The highest BCUT2D eigenvalue weighted by atomic mass is 35.5. The van der Waals surface area contributed by atoms with Gasteiger partial charge in [-0.05, 0) is 6.92 Å². The standard InChI is InChI=1S/C12H18ClN3O3/c1-8-12(13)10(15(2)14-8)7-16-3-4-19-9(6-16)5-11(17)18/h9H,3-7H2,1-2H3,(H,17,18). The minimum Gasteiger partial charge on any atom is -0.481 e. The van der Waals surface area contributed by atoms with Crippen molar-refractivity contribution in [2.75, 3.05) is 19.7 Å². The van der Waals surface area contributed by atoms with E-state index < -0.39 is 5.97 Å². The molecule has 1 aliphatic rings. The molecular weight excluding hydrogens is 270 g/mol. The summed E-state index contributed by atoms with van der Waals surface area (Å²) in [6.45, 7) is 4.46. The van der Waals surface area contributed by atoms with Gasteiger partial charge in [0.1, 0.15) is 0 Å². The van der Waals surface area contributed by atoms with Crippen molar-refractivity contribution in [3.05, 3.63) is 16.4 Å². The van der Waals surface area contributed by atoms with E-state index in [1.54, 1.807) is 4.68 Å². The molecule has 1 fully saturated rings. The van der Waals surface area contributed by atoms with Crippen LogP contribution in [0.1, 0.15) is 17.8 Å². The Labute approximate surface area is 116 Å². The van der Waals surface area contributed by atoms with E-state index in [0.717, 1.165) is 17.9 Å². The van der Waals surface area contributed by atoms with Crippen LogP contribution >= 0.6 is 11.6 Å². The van der Waals surface area contributed by atoms with Gasteiger partial charge in [0.05, 0.1) is 35.5 Å². The molecular formula is C12H18ClN3O3. The maximum atomic E-state index is 10.7. The lowest BCUT2D eigenvalue weighted by Gasteiger charge is -2.32. The van der Waals surface area contributed by atoms with Crippen LogP contribution in [0.15, 0.2) is 0 Å². The molecule has 1 atom stereocenters. The number of hydrogen-bond donors (Lipinski definition) is 1. The molecule has 2 heterocycles. The van der Waals surface area contributed by atoms with Crippen molar-refractivity contribution in [1.29, 1.82) is 0 Å². The summed E-state index contributed by atoms with van der Waals surface area (Å²) in [7, 11) is 1.86. The molecule has 1 N–H and O–H groups in total. The van der Waals surface area contributed by atoms with Gasteiger partial charge >= 0.3 is 5.97 Å². The zero-order valence-corrected chi connectivity index (χ0v) is 11.9. The normalized spacial score (nSPS) is 20.7. The number of rotatable bonds is 4. The molecule has 1 aromatic rings. The quantitative estimate of drug-likeness (QED) is 0.897. The predicted octanol–water partition coefficient (Wildman–Crippen LogP) is 1.06. The molecule has 0 bridgehead atoms. The molecule has 6 nitrogen and oxygen atoms in total. The number of carbonyl (C=O) groups is 1. The highest BCUT2D eigenvalue weighted by Crippen LogP contribution is 2.22. The van der Waals surface area contributed by atoms with Crippen LogP contribution in [0.3, 0.4) is 0 Å². The van der Waals surface area contributed by atoms with Crippen molar-refractivity contribution in [2.45, 2.75) is 26.0 Å². The van der Waals surface area contributed by atoms with Crippen LogP contribution in [0.2, 0.25) is 5.02 Å². The maximum Gasteiger partial charge on any atom is 0.306 e. The van der Waals surface area contributed by atoms with Crippen LogP contribution in [0, 0.1) is 6.92 Å². The van der Waals surface area contributed by atoms with Crippen molar-refractivity contribution >= 4 is 17.6 Å². The number of carboxylic acids is 1. The van der Waals surface area contributed by atoms with E-state index in [9.17, 15) is 4.79 Å². The second kappa shape index (κ2) is 5.90. The molecule has 1 saturated heterocycles.